The summed E-state index contributed by atoms with van der Waals surface area (Å²) >= 11 is 0. The molecule has 0 aliphatic carbocycles. The highest BCUT2D eigenvalue weighted by atomic mass is 32.3. The van der Waals surface area contributed by atoms with Gasteiger partial charge in [0, 0.05) is 25.2 Å². The molecule has 0 saturated carbocycles. The van der Waals surface area contributed by atoms with E-state index in [1.54, 1.807) is 60.7 Å². The molecule has 6 rings (SSSR count). The smallest absolute Gasteiger partial charge is 0.411 e. The number of amides is 4. The Kier molecular flexibility index (Phi) is 19.9. The van der Waals surface area contributed by atoms with E-state index in [4.69, 9.17) is 28.4 Å². The van der Waals surface area contributed by atoms with Crippen molar-refractivity contribution in [2.24, 2.45) is 0 Å². The minimum absolute atomic E-state index is 0.0568. The maximum atomic E-state index is 13.9. The SMILES string of the molecule is COc1cc(C(=O)N2CCC[C@H]2CO)c(NC(=O)OCCS(O)(O)c2ccccc2)cc1OCCCCCOc1cc(NC(=O)OCCS(O)(O)c2ccccc2)c(C(=O)N2CCC[C@H]2CO)cc1OC. The van der Waals surface area contributed by atoms with E-state index in [2.05, 4.69) is 10.6 Å². The normalized spacial score (nSPS) is 16.2. The Hall–Kier alpha value is -5.98. The van der Waals surface area contributed by atoms with Gasteiger partial charge in [-0.2, -0.15) is 21.2 Å². The van der Waals surface area contributed by atoms with Crippen molar-refractivity contribution in [3.05, 3.63) is 96.1 Å². The van der Waals surface area contributed by atoms with E-state index in [0.717, 1.165) is 0 Å². The van der Waals surface area contributed by atoms with Crippen molar-refractivity contribution in [2.75, 3.05) is 89.1 Å². The highest BCUT2D eigenvalue weighted by Crippen LogP contribution is 2.48. The van der Waals surface area contributed by atoms with Crippen LogP contribution in [0.5, 0.6) is 23.0 Å². The van der Waals surface area contributed by atoms with Crippen LogP contribution in [-0.4, -0.2) is 153 Å². The fraction of sp³-hybridized carbons (Fsp3) is 0.429. The van der Waals surface area contributed by atoms with E-state index >= 15 is 0 Å². The van der Waals surface area contributed by atoms with Crippen molar-refractivity contribution in [1.29, 1.82) is 0 Å². The predicted octanol–water partition coefficient (Wildman–Crippen LogP) is 8.24. The second-order valence-corrected chi connectivity index (χ2v) is 21.1. The lowest BCUT2D eigenvalue weighted by molar-refractivity contribution is 0.0672. The molecule has 2 fully saturated rings. The molecule has 2 atom stereocenters. The monoisotopic (exact) mass is 1030 g/mol. The molecule has 0 spiro atoms. The molecule has 4 amide bonds. The van der Waals surface area contributed by atoms with E-state index in [-0.39, 0.29) is 96.6 Å². The molecule has 2 heterocycles. The van der Waals surface area contributed by atoms with Gasteiger partial charge in [-0.1, -0.05) is 36.4 Å². The number of nitrogens with one attached hydrogen (secondary N) is 2. The molecule has 0 aromatic heterocycles. The van der Waals surface area contributed by atoms with Crippen LogP contribution in [0.4, 0.5) is 21.0 Å². The molecular formula is C49H64N4O16S2. The highest BCUT2D eigenvalue weighted by molar-refractivity contribution is 8.24. The molecule has 71 heavy (non-hydrogen) atoms. The average molecular weight is 1030 g/mol. The first kappa shape index (κ1) is 54.4. The summed E-state index contributed by atoms with van der Waals surface area (Å²) < 4.78 is 76.6. The maximum Gasteiger partial charge on any atom is 0.411 e. The molecule has 0 radical (unpaired) electrons. The number of aliphatic hydroxyl groups excluding tert-OH is 2. The summed E-state index contributed by atoms with van der Waals surface area (Å²) in [4.78, 5) is 57.7. The van der Waals surface area contributed by atoms with Gasteiger partial charge in [-0.15, -0.1) is 0 Å². The summed E-state index contributed by atoms with van der Waals surface area (Å²) in [5.41, 5.74) is 0.261. The van der Waals surface area contributed by atoms with Gasteiger partial charge >= 0.3 is 12.2 Å². The van der Waals surface area contributed by atoms with Crippen LogP contribution in [-0.2, 0) is 9.47 Å². The Labute approximate surface area is 415 Å². The number of carbonyl (C=O) groups is 4. The summed E-state index contributed by atoms with van der Waals surface area (Å²) in [6, 6.07) is 21.4. The lowest BCUT2D eigenvalue weighted by Gasteiger charge is -2.31. The summed E-state index contributed by atoms with van der Waals surface area (Å²) in [6.45, 7) is 0.0465. The summed E-state index contributed by atoms with van der Waals surface area (Å²) in [7, 11) is -3.65. The lowest BCUT2D eigenvalue weighted by Crippen LogP contribution is -2.38. The number of nitrogens with zero attached hydrogens (tertiary/aromatic N) is 2. The fourth-order valence-corrected chi connectivity index (χ4v) is 10.5. The number of likely N-dealkylation sites (tertiary alicyclic amines) is 2. The Morgan fingerprint density at radius 1 is 0.563 bits per heavy atom. The van der Waals surface area contributed by atoms with Gasteiger partial charge in [0.25, 0.3) is 11.8 Å². The van der Waals surface area contributed by atoms with Gasteiger partial charge in [0.2, 0.25) is 0 Å². The van der Waals surface area contributed by atoms with Crippen molar-refractivity contribution >= 4 is 56.6 Å². The topological polar surface area (TPSA) is 276 Å². The minimum atomic E-state index is -3.24. The third-order valence-corrected chi connectivity index (χ3v) is 15.5. The van der Waals surface area contributed by atoms with Gasteiger partial charge in [0.05, 0.1) is 96.5 Å². The molecular weight excluding hydrogens is 965 g/mol. The number of hydrogen-bond acceptors (Lipinski definition) is 16. The highest BCUT2D eigenvalue weighted by Gasteiger charge is 2.33. The number of carbonyl (C=O) groups excluding carboxylic acids is 4. The lowest BCUT2D eigenvalue weighted by atomic mass is 10.1. The number of aliphatic hydroxyl groups is 2. The number of unbranched alkanes of at least 4 members (excludes halogenated alkanes) is 2. The standard InChI is InChI=1S/C49H64N4O16S2/c1-64-42-28-38(46(56)52-20-12-14-34(52)32-54)40(50-48(58)68-24-26-70(60,61)36-16-6-3-7-17-36)30-44(42)66-22-10-5-11-23-67-45-31-41(39(29-43(45)65-2)47(57)53-21-13-15-35(53)33-55)51-49(59)69-25-27-71(62,63)37-18-8-4-9-19-37/h3-4,6-9,16-19,28-31,34-35,54-55,60-63H,5,10-15,20-27,32-33H2,1-2H3,(H,50,58)(H,51,59)/t34-,35-/m0/s1. The van der Waals surface area contributed by atoms with Gasteiger partial charge in [-0.05, 0) is 81.3 Å². The van der Waals surface area contributed by atoms with Crippen molar-refractivity contribution in [2.45, 2.75) is 66.8 Å². The molecule has 0 bridgehead atoms. The van der Waals surface area contributed by atoms with Gasteiger partial charge in [-0.3, -0.25) is 38.4 Å². The van der Waals surface area contributed by atoms with E-state index in [1.807, 2.05) is 0 Å². The van der Waals surface area contributed by atoms with Gasteiger partial charge < -0.3 is 48.4 Å². The summed E-state index contributed by atoms with van der Waals surface area (Å²) in [5.74, 6) is -0.517. The summed E-state index contributed by atoms with van der Waals surface area (Å²) in [6.07, 6.45) is 2.37. The van der Waals surface area contributed by atoms with Crippen LogP contribution < -0.4 is 29.6 Å². The van der Waals surface area contributed by atoms with Crippen molar-refractivity contribution in [3.8, 4) is 23.0 Å². The second kappa shape index (κ2) is 25.9. The van der Waals surface area contributed by atoms with Crippen molar-refractivity contribution in [3.63, 3.8) is 0 Å². The van der Waals surface area contributed by atoms with Gasteiger partial charge in [0.15, 0.2) is 23.0 Å². The quantitative estimate of drug-likeness (QED) is 0.0307. The Bertz CT molecular complexity index is 2250. The zero-order chi connectivity index (χ0) is 51.0. The fourth-order valence-electron chi connectivity index (χ4n) is 8.17. The molecule has 4 aromatic carbocycles. The van der Waals surface area contributed by atoms with Crippen LogP contribution in [0.1, 0.15) is 65.7 Å². The number of benzene rings is 4. The maximum absolute atomic E-state index is 13.9. The van der Waals surface area contributed by atoms with E-state index in [9.17, 15) is 47.6 Å². The molecule has 2 aliphatic heterocycles. The first-order valence-electron chi connectivity index (χ1n) is 23.2. The molecule has 22 heteroatoms. The van der Waals surface area contributed by atoms with Gasteiger partial charge in [0.1, 0.15) is 13.2 Å². The zero-order valence-electron chi connectivity index (χ0n) is 39.7. The van der Waals surface area contributed by atoms with Crippen LogP contribution in [0, 0.1) is 0 Å². The number of ether oxygens (including phenoxy) is 6. The number of hydrogen-bond donors (Lipinski definition) is 8. The molecule has 20 nitrogen and oxygen atoms in total. The third kappa shape index (κ3) is 14.6. The van der Waals surface area contributed by atoms with E-state index in [0.29, 0.717) is 67.8 Å². The van der Waals surface area contributed by atoms with Crippen molar-refractivity contribution < 1.29 is 76.0 Å². The predicted molar refractivity (Wildman–Crippen MR) is 268 cm³/mol. The number of anilines is 2. The van der Waals surface area contributed by atoms with E-state index < -0.39 is 57.3 Å². The van der Waals surface area contributed by atoms with Crippen LogP contribution in [0.3, 0.4) is 0 Å². The Morgan fingerprint density at radius 3 is 1.32 bits per heavy atom. The third-order valence-electron chi connectivity index (χ3n) is 12.0. The molecule has 2 saturated heterocycles. The van der Waals surface area contributed by atoms with E-state index in [1.165, 1.54) is 48.3 Å². The molecule has 8 N–H and O–H groups in total. The number of methoxy groups -OCH3 is 2. The Balaban J connectivity index is 1.08. The summed E-state index contributed by atoms with van der Waals surface area (Å²) in [5, 5.41) is 25.1. The first-order valence-corrected chi connectivity index (χ1v) is 26.7. The van der Waals surface area contributed by atoms with Crippen LogP contribution in [0.15, 0.2) is 94.7 Å². The molecule has 0 unspecified atom stereocenters. The van der Waals surface area contributed by atoms with Crippen LogP contribution >= 0.6 is 21.2 Å². The zero-order valence-corrected chi connectivity index (χ0v) is 41.4. The average Bonchev–Trinajstić information content (AvgIpc) is 4.07. The molecule has 4 aromatic rings. The Morgan fingerprint density at radius 2 is 0.958 bits per heavy atom. The molecule has 388 valence electrons. The first-order chi connectivity index (χ1) is 34.2. The largest absolute Gasteiger partial charge is 0.493 e. The minimum Gasteiger partial charge on any atom is -0.493 e. The van der Waals surface area contributed by atoms with Crippen LogP contribution in [0.2, 0.25) is 0 Å². The van der Waals surface area contributed by atoms with Crippen molar-refractivity contribution in [1.82, 2.24) is 9.80 Å². The van der Waals surface area contributed by atoms with Crippen LogP contribution in [0.25, 0.3) is 0 Å². The second-order valence-electron chi connectivity index (χ2n) is 16.7. The molecule has 2 aliphatic rings. The number of rotatable bonds is 24. The van der Waals surface area contributed by atoms with Gasteiger partial charge in [-0.25, -0.2) is 9.59 Å².